The number of hydrogen-bond donors (Lipinski definition) is 1. The highest BCUT2D eigenvalue weighted by atomic mass is 19.1. The minimum absolute atomic E-state index is 0.184. The number of methoxy groups -OCH3 is 1. The van der Waals surface area contributed by atoms with Gasteiger partial charge < -0.3 is 10.1 Å². The number of hydrogen-bond acceptors (Lipinski definition) is 3. The van der Waals surface area contributed by atoms with Gasteiger partial charge >= 0.3 is 5.97 Å². The zero-order chi connectivity index (χ0) is 17.6. The van der Waals surface area contributed by atoms with Crippen molar-refractivity contribution in [2.24, 2.45) is 0 Å². The van der Waals surface area contributed by atoms with E-state index in [0.29, 0.717) is 6.04 Å². The number of halogens is 1. The van der Waals surface area contributed by atoms with Crippen LogP contribution in [-0.2, 0) is 22.4 Å². The molecule has 2 aromatic carbocycles. The van der Waals surface area contributed by atoms with Crippen molar-refractivity contribution in [2.45, 2.75) is 25.3 Å². The van der Waals surface area contributed by atoms with E-state index in [1.807, 2.05) is 12.1 Å². The monoisotopic (exact) mass is 339 g/mol. The highest BCUT2D eigenvalue weighted by Crippen LogP contribution is 2.32. The van der Waals surface area contributed by atoms with E-state index in [1.165, 1.54) is 30.4 Å². The molecule has 3 nitrogen and oxygen atoms in total. The van der Waals surface area contributed by atoms with Gasteiger partial charge in [-0.1, -0.05) is 30.3 Å². The van der Waals surface area contributed by atoms with Crippen LogP contribution < -0.4 is 5.32 Å². The minimum Gasteiger partial charge on any atom is -0.466 e. The minimum atomic E-state index is -0.350. The molecule has 1 N–H and O–H groups in total. The summed E-state index contributed by atoms with van der Waals surface area (Å²) in [5.41, 5.74) is 4.64. The Morgan fingerprint density at radius 2 is 2.20 bits per heavy atom. The summed E-state index contributed by atoms with van der Waals surface area (Å²) < 4.78 is 17.8. The van der Waals surface area contributed by atoms with Crippen LogP contribution in [0.1, 0.15) is 34.7 Å². The van der Waals surface area contributed by atoms with Crippen molar-refractivity contribution in [1.82, 2.24) is 5.32 Å². The summed E-state index contributed by atoms with van der Waals surface area (Å²) in [6.45, 7) is 0.817. The van der Waals surface area contributed by atoms with Gasteiger partial charge in [0.2, 0.25) is 0 Å². The molecule has 3 rings (SSSR count). The summed E-state index contributed by atoms with van der Waals surface area (Å²) in [5.74, 6) is -0.534. The smallest absolute Gasteiger partial charge is 0.330 e. The van der Waals surface area contributed by atoms with Crippen LogP contribution in [0.3, 0.4) is 0 Å². The van der Waals surface area contributed by atoms with Crippen LogP contribution in [0.25, 0.3) is 6.08 Å². The van der Waals surface area contributed by atoms with Crippen molar-refractivity contribution >= 4 is 12.0 Å². The van der Waals surface area contributed by atoms with E-state index in [2.05, 4.69) is 22.2 Å². The zero-order valence-corrected chi connectivity index (χ0v) is 14.3. The van der Waals surface area contributed by atoms with Gasteiger partial charge in [-0.15, -0.1) is 0 Å². The largest absolute Gasteiger partial charge is 0.466 e. The molecule has 0 bridgehead atoms. The van der Waals surface area contributed by atoms with E-state index in [0.717, 1.165) is 36.9 Å². The molecule has 0 spiro atoms. The van der Waals surface area contributed by atoms with Crippen molar-refractivity contribution in [2.75, 3.05) is 13.7 Å². The van der Waals surface area contributed by atoms with Gasteiger partial charge in [-0.05, 0) is 66.3 Å². The van der Waals surface area contributed by atoms with Gasteiger partial charge in [-0.2, -0.15) is 0 Å². The van der Waals surface area contributed by atoms with Crippen molar-refractivity contribution in [3.8, 4) is 0 Å². The number of fused-ring (bicyclic) bond motifs is 1. The van der Waals surface area contributed by atoms with Crippen LogP contribution in [0.15, 0.2) is 48.5 Å². The number of ether oxygens (including phenoxy) is 1. The van der Waals surface area contributed by atoms with Crippen LogP contribution in [-0.4, -0.2) is 19.6 Å². The maximum Gasteiger partial charge on any atom is 0.330 e. The van der Waals surface area contributed by atoms with Crippen LogP contribution in [0.5, 0.6) is 0 Å². The summed E-state index contributed by atoms with van der Waals surface area (Å²) in [6, 6.07) is 13.4. The van der Waals surface area contributed by atoms with Crippen molar-refractivity contribution in [3.05, 3.63) is 76.6 Å². The first-order valence-corrected chi connectivity index (χ1v) is 8.52. The van der Waals surface area contributed by atoms with Gasteiger partial charge in [0.15, 0.2) is 0 Å². The molecule has 0 radical (unpaired) electrons. The van der Waals surface area contributed by atoms with Gasteiger partial charge in [-0.25, -0.2) is 9.18 Å². The lowest BCUT2D eigenvalue weighted by Gasteiger charge is -2.14. The van der Waals surface area contributed by atoms with Crippen LogP contribution in [0.4, 0.5) is 4.39 Å². The van der Waals surface area contributed by atoms with E-state index >= 15 is 0 Å². The Balaban J connectivity index is 1.58. The van der Waals surface area contributed by atoms with Crippen LogP contribution >= 0.6 is 0 Å². The highest BCUT2D eigenvalue weighted by Gasteiger charge is 2.21. The second kappa shape index (κ2) is 8.08. The molecule has 1 aliphatic rings. The Morgan fingerprint density at radius 1 is 1.32 bits per heavy atom. The molecular weight excluding hydrogens is 317 g/mol. The Morgan fingerprint density at radius 3 is 3.00 bits per heavy atom. The third kappa shape index (κ3) is 4.54. The third-order valence-corrected chi connectivity index (χ3v) is 4.55. The van der Waals surface area contributed by atoms with Gasteiger partial charge in [-0.3, -0.25) is 0 Å². The number of carbonyl (C=O) groups is 1. The van der Waals surface area contributed by atoms with Crippen molar-refractivity contribution < 1.29 is 13.9 Å². The lowest BCUT2D eigenvalue weighted by Crippen LogP contribution is -2.21. The Labute approximate surface area is 147 Å². The first-order valence-electron chi connectivity index (χ1n) is 8.52. The van der Waals surface area contributed by atoms with E-state index in [4.69, 9.17) is 0 Å². The lowest BCUT2D eigenvalue weighted by atomic mass is 10.0. The van der Waals surface area contributed by atoms with Gasteiger partial charge in [0, 0.05) is 12.1 Å². The van der Waals surface area contributed by atoms with Crippen molar-refractivity contribution in [1.29, 1.82) is 0 Å². The lowest BCUT2D eigenvalue weighted by molar-refractivity contribution is -0.134. The van der Waals surface area contributed by atoms with Crippen LogP contribution in [0, 0.1) is 5.82 Å². The normalized spacial score (nSPS) is 16.2. The van der Waals surface area contributed by atoms with E-state index in [1.54, 1.807) is 18.2 Å². The molecule has 1 unspecified atom stereocenters. The topological polar surface area (TPSA) is 38.3 Å². The highest BCUT2D eigenvalue weighted by molar-refractivity contribution is 5.86. The van der Waals surface area contributed by atoms with E-state index in [9.17, 15) is 9.18 Å². The average molecular weight is 339 g/mol. The predicted octanol–water partition coefficient (Wildman–Crippen LogP) is 3.83. The number of nitrogens with one attached hydrogen (secondary N) is 1. The van der Waals surface area contributed by atoms with E-state index < -0.39 is 0 Å². The predicted molar refractivity (Wildman–Crippen MR) is 96.7 cm³/mol. The fourth-order valence-electron chi connectivity index (χ4n) is 3.27. The second-order valence-electron chi connectivity index (χ2n) is 6.24. The number of carbonyl (C=O) groups excluding carboxylic acids is 1. The molecule has 25 heavy (non-hydrogen) atoms. The summed E-state index contributed by atoms with van der Waals surface area (Å²) in [6.07, 6.45) is 6.10. The first-order chi connectivity index (χ1) is 12.2. The molecular formula is C21H22FNO2. The summed E-state index contributed by atoms with van der Waals surface area (Å²) >= 11 is 0. The molecule has 0 amide bonds. The molecule has 0 aromatic heterocycles. The molecule has 0 heterocycles. The molecule has 2 aromatic rings. The Kier molecular flexibility index (Phi) is 5.61. The maximum absolute atomic E-state index is 13.2. The quantitative estimate of drug-likeness (QED) is 0.642. The number of rotatable bonds is 6. The Hall–Kier alpha value is -2.46. The van der Waals surface area contributed by atoms with Crippen molar-refractivity contribution in [3.63, 3.8) is 0 Å². The molecule has 4 heteroatoms. The molecule has 1 aliphatic carbocycles. The van der Waals surface area contributed by atoms with E-state index in [-0.39, 0.29) is 11.8 Å². The van der Waals surface area contributed by atoms with Gasteiger partial charge in [0.1, 0.15) is 5.82 Å². The summed E-state index contributed by atoms with van der Waals surface area (Å²) in [7, 11) is 1.37. The second-order valence-corrected chi connectivity index (χ2v) is 6.24. The van der Waals surface area contributed by atoms with Crippen LogP contribution in [0.2, 0.25) is 0 Å². The fraction of sp³-hybridized carbons (Fsp3) is 0.286. The molecule has 0 saturated carbocycles. The fourth-order valence-corrected chi connectivity index (χ4v) is 3.27. The number of benzene rings is 2. The summed E-state index contributed by atoms with van der Waals surface area (Å²) in [4.78, 5) is 11.2. The molecule has 0 aliphatic heterocycles. The standard InChI is InChI=1S/C21H22FNO2/c1-25-21(24)10-6-16-5-8-19-17(13-16)7-9-20(19)23-12-11-15-3-2-4-18(22)14-15/h2-6,8,10,13-14,20,23H,7,9,11-12H2,1H3/b10-6+. The SMILES string of the molecule is COC(=O)/C=C/c1ccc2c(c1)CCC2NCCc1cccc(F)c1. The molecule has 130 valence electrons. The third-order valence-electron chi connectivity index (χ3n) is 4.55. The number of aryl methyl sites for hydroxylation is 1. The zero-order valence-electron chi connectivity index (χ0n) is 14.3. The molecule has 1 atom stereocenters. The van der Waals surface area contributed by atoms with Gasteiger partial charge in [0.05, 0.1) is 7.11 Å². The molecule has 0 saturated heterocycles. The first kappa shape index (κ1) is 17.4. The number of esters is 1. The van der Waals surface area contributed by atoms with Gasteiger partial charge in [0.25, 0.3) is 0 Å². The Bertz CT molecular complexity index is 785. The molecule has 0 fully saturated rings. The average Bonchev–Trinajstić information content (AvgIpc) is 3.02. The summed E-state index contributed by atoms with van der Waals surface area (Å²) in [5, 5.41) is 3.57. The maximum atomic E-state index is 13.2.